The summed E-state index contributed by atoms with van der Waals surface area (Å²) in [5, 5.41) is 14.2. The van der Waals surface area contributed by atoms with E-state index in [1.807, 2.05) is 36.4 Å². The molecule has 3 aromatic carbocycles. The summed E-state index contributed by atoms with van der Waals surface area (Å²) in [7, 11) is 0. The Morgan fingerprint density at radius 2 is 1.56 bits per heavy atom. The van der Waals surface area contributed by atoms with Crippen LogP contribution >= 0.6 is 23.2 Å². The van der Waals surface area contributed by atoms with E-state index >= 15 is 0 Å². The van der Waals surface area contributed by atoms with E-state index in [1.54, 1.807) is 18.2 Å². The molecule has 1 aromatic heterocycles. The SMILES string of the molecule is Oc1ccc2c(ccc3cc(OCc4cc(Cl)nc(Cl)n4)ccc32)c1. The van der Waals surface area contributed by atoms with E-state index in [1.165, 1.54) is 0 Å². The molecule has 25 heavy (non-hydrogen) atoms. The highest BCUT2D eigenvalue weighted by atomic mass is 35.5. The summed E-state index contributed by atoms with van der Waals surface area (Å²) in [6.45, 7) is 0.245. The van der Waals surface area contributed by atoms with Crippen LogP contribution in [0.15, 0.2) is 54.6 Å². The van der Waals surface area contributed by atoms with E-state index in [4.69, 9.17) is 27.9 Å². The maximum absolute atomic E-state index is 9.61. The standard InChI is InChI=1S/C19H12Cl2N2O2/c20-18-9-13(22-19(21)23-18)10-25-15-4-6-17-12(8-15)2-1-11-7-14(24)3-5-16(11)17/h1-9,24H,10H2. The van der Waals surface area contributed by atoms with Gasteiger partial charge in [0.15, 0.2) is 0 Å². The lowest BCUT2D eigenvalue weighted by Gasteiger charge is -2.09. The van der Waals surface area contributed by atoms with Crippen molar-refractivity contribution in [3.8, 4) is 11.5 Å². The van der Waals surface area contributed by atoms with Gasteiger partial charge in [-0.2, -0.15) is 0 Å². The van der Waals surface area contributed by atoms with E-state index in [2.05, 4.69) is 9.97 Å². The molecule has 124 valence electrons. The third kappa shape index (κ3) is 3.31. The normalized spacial score (nSPS) is 11.1. The summed E-state index contributed by atoms with van der Waals surface area (Å²) in [6, 6.07) is 16.8. The quantitative estimate of drug-likeness (QED) is 0.299. The lowest BCUT2D eigenvalue weighted by Crippen LogP contribution is -1.99. The second-order valence-corrected chi connectivity index (χ2v) is 6.32. The van der Waals surface area contributed by atoms with Crippen LogP contribution in [-0.2, 0) is 6.61 Å². The average molecular weight is 371 g/mol. The number of rotatable bonds is 3. The summed E-state index contributed by atoms with van der Waals surface area (Å²) in [6.07, 6.45) is 0. The zero-order valence-electron chi connectivity index (χ0n) is 12.9. The molecule has 0 bridgehead atoms. The van der Waals surface area contributed by atoms with Gasteiger partial charge in [0.25, 0.3) is 0 Å². The number of benzene rings is 3. The molecule has 1 heterocycles. The van der Waals surface area contributed by atoms with Gasteiger partial charge in [-0.1, -0.05) is 35.9 Å². The Hall–Kier alpha value is -2.56. The number of fused-ring (bicyclic) bond motifs is 3. The van der Waals surface area contributed by atoms with Crippen LogP contribution in [0.5, 0.6) is 11.5 Å². The Morgan fingerprint density at radius 1 is 0.840 bits per heavy atom. The van der Waals surface area contributed by atoms with Crippen LogP contribution in [0.1, 0.15) is 5.69 Å². The molecule has 4 rings (SSSR count). The molecule has 4 aromatic rings. The van der Waals surface area contributed by atoms with Crippen molar-refractivity contribution in [3.05, 3.63) is 70.7 Å². The number of aromatic hydroxyl groups is 1. The average Bonchev–Trinajstić information content (AvgIpc) is 2.58. The molecule has 0 aliphatic carbocycles. The maximum atomic E-state index is 9.61. The minimum Gasteiger partial charge on any atom is -0.508 e. The molecule has 6 heteroatoms. The Labute approximate surface area is 153 Å². The first-order chi connectivity index (χ1) is 12.1. The molecule has 0 fully saturated rings. The van der Waals surface area contributed by atoms with Gasteiger partial charge in [-0.25, -0.2) is 9.97 Å². The largest absolute Gasteiger partial charge is 0.508 e. The first-order valence-electron chi connectivity index (χ1n) is 7.56. The van der Waals surface area contributed by atoms with Gasteiger partial charge in [0.1, 0.15) is 23.3 Å². The second-order valence-electron chi connectivity index (χ2n) is 5.59. The first kappa shape index (κ1) is 15.9. The number of phenols is 1. The number of halogens is 2. The number of ether oxygens (including phenoxy) is 1. The highest BCUT2D eigenvalue weighted by Gasteiger charge is 2.06. The summed E-state index contributed by atoms with van der Waals surface area (Å²) in [5.74, 6) is 0.977. The Morgan fingerprint density at radius 3 is 2.32 bits per heavy atom. The maximum Gasteiger partial charge on any atom is 0.224 e. The molecule has 1 N–H and O–H groups in total. The highest BCUT2D eigenvalue weighted by molar-refractivity contribution is 6.31. The highest BCUT2D eigenvalue weighted by Crippen LogP contribution is 2.30. The van der Waals surface area contributed by atoms with Gasteiger partial charge in [0.2, 0.25) is 5.28 Å². The Bertz CT molecular complexity index is 1080. The van der Waals surface area contributed by atoms with Crippen molar-refractivity contribution in [1.82, 2.24) is 9.97 Å². The van der Waals surface area contributed by atoms with Crippen LogP contribution in [0, 0.1) is 0 Å². The molecule has 4 nitrogen and oxygen atoms in total. The number of hydrogen-bond acceptors (Lipinski definition) is 4. The topological polar surface area (TPSA) is 55.2 Å². The molecular formula is C19H12Cl2N2O2. The van der Waals surface area contributed by atoms with Crippen molar-refractivity contribution in [2.24, 2.45) is 0 Å². The summed E-state index contributed by atoms with van der Waals surface area (Å²) in [5.41, 5.74) is 0.610. The minimum absolute atomic E-state index is 0.0966. The molecule has 0 radical (unpaired) electrons. The predicted molar refractivity (Wildman–Crippen MR) is 99.5 cm³/mol. The lowest BCUT2D eigenvalue weighted by atomic mass is 10.0. The van der Waals surface area contributed by atoms with Crippen molar-refractivity contribution in [2.75, 3.05) is 0 Å². The van der Waals surface area contributed by atoms with Crippen LogP contribution in [0.4, 0.5) is 0 Å². The van der Waals surface area contributed by atoms with Gasteiger partial charge in [0, 0.05) is 6.07 Å². The molecule has 0 saturated heterocycles. The van der Waals surface area contributed by atoms with Crippen molar-refractivity contribution >= 4 is 44.7 Å². The van der Waals surface area contributed by atoms with E-state index in [0.717, 1.165) is 27.3 Å². The van der Waals surface area contributed by atoms with Crippen LogP contribution in [-0.4, -0.2) is 15.1 Å². The van der Waals surface area contributed by atoms with Crippen molar-refractivity contribution in [2.45, 2.75) is 6.61 Å². The van der Waals surface area contributed by atoms with Crippen molar-refractivity contribution in [1.29, 1.82) is 0 Å². The monoisotopic (exact) mass is 370 g/mol. The number of aromatic nitrogens is 2. The van der Waals surface area contributed by atoms with Gasteiger partial charge >= 0.3 is 0 Å². The number of nitrogens with zero attached hydrogens (tertiary/aromatic N) is 2. The number of hydrogen-bond donors (Lipinski definition) is 1. The smallest absolute Gasteiger partial charge is 0.224 e. The van der Waals surface area contributed by atoms with Crippen molar-refractivity contribution < 1.29 is 9.84 Å². The van der Waals surface area contributed by atoms with Gasteiger partial charge < -0.3 is 9.84 Å². The molecule has 0 saturated carbocycles. The Kier molecular flexibility index (Phi) is 4.07. The van der Waals surface area contributed by atoms with Crippen LogP contribution in [0.3, 0.4) is 0 Å². The molecule has 0 spiro atoms. The summed E-state index contributed by atoms with van der Waals surface area (Å²) in [4.78, 5) is 7.89. The minimum atomic E-state index is 0.0966. The zero-order valence-corrected chi connectivity index (χ0v) is 14.4. The van der Waals surface area contributed by atoms with E-state index < -0.39 is 0 Å². The summed E-state index contributed by atoms with van der Waals surface area (Å²) < 4.78 is 5.79. The zero-order chi connectivity index (χ0) is 17.4. The fourth-order valence-electron chi connectivity index (χ4n) is 2.79. The van der Waals surface area contributed by atoms with Gasteiger partial charge in [-0.3, -0.25) is 0 Å². The first-order valence-corrected chi connectivity index (χ1v) is 8.31. The van der Waals surface area contributed by atoms with Crippen molar-refractivity contribution in [3.63, 3.8) is 0 Å². The second kappa shape index (κ2) is 6.39. The molecule has 0 aliphatic rings. The van der Waals surface area contributed by atoms with Crippen LogP contribution < -0.4 is 4.74 Å². The molecule has 0 unspecified atom stereocenters. The fraction of sp³-hybridized carbons (Fsp3) is 0.0526. The van der Waals surface area contributed by atoms with Crippen LogP contribution in [0.25, 0.3) is 21.5 Å². The molecule has 0 atom stereocenters. The summed E-state index contributed by atoms with van der Waals surface area (Å²) >= 11 is 11.7. The van der Waals surface area contributed by atoms with Gasteiger partial charge in [-0.05, 0) is 57.4 Å². The fourth-order valence-corrected chi connectivity index (χ4v) is 3.24. The molecule has 0 aliphatic heterocycles. The van der Waals surface area contributed by atoms with Crippen LogP contribution in [0.2, 0.25) is 10.4 Å². The lowest BCUT2D eigenvalue weighted by molar-refractivity contribution is 0.301. The van der Waals surface area contributed by atoms with E-state index in [9.17, 15) is 5.11 Å². The van der Waals surface area contributed by atoms with E-state index in [-0.39, 0.29) is 22.8 Å². The molecular weight excluding hydrogens is 359 g/mol. The Balaban J connectivity index is 1.65. The van der Waals surface area contributed by atoms with E-state index in [0.29, 0.717) is 5.69 Å². The third-order valence-electron chi connectivity index (χ3n) is 3.90. The molecule has 0 amide bonds. The predicted octanol–water partition coefficient (Wildman–Crippen LogP) is 5.37. The third-order valence-corrected chi connectivity index (χ3v) is 4.26. The number of phenolic OH excluding ortho intramolecular Hbond substituents is 1. The van der Waals surface area contributed by atoms with Gasteiger partial charge in [-0.15, -0.1) is 0 Å². The van der Waals surface area contributed by atoms with Gasteiger partial charge in [0.05, 0.1) is 5.69 Å².